The van der Waals surface area contributed by atoms with Crippen molar-refractivity contribution < 1.29 is 18.0 Å². The summed E-state index contributed by atoms with van der Waals surface area (Å²) in [6, 6.07) is 1.54. The first-order chi connectivity index (χ1) is 11.1. The number of aryl methyl sites for hydroxylation is 2. The second-order valence-corrected chi connectivity index (χ2v) is 5.59. The van der Waals surface area contributed by atoms with Gasteiger partial charge in [-0.1, -0.05) is 0 Å². The molecule has 1 amide bonds. The molecule has 0 bridgehead atoms. The minimum absolute atomic E-state index is 0.274. The summed E-state index contributed by atoms with van der Waals surface area (Å²) in [5, 5.41) is 10.4. The van der Waals surface area contributed by atoms with Crippen LogP contribution in [0.15, 0.2) is 18.3 Å². The largest absolute Gasteiger partial charge is 0.435 e. The van der Waals surface area contributed by atoms with Gasteiger partial charge in [-0.25, -0.2) is 0 Å². The molecule has 2 aromatic rings. The molecule has 2 rings (SSSR count). The molecule has 0 radical (unpaired) electrons. The first-order valence-electron chi connectivity index (χ1n) is 7.60. The number of carbonyl (C=O) groups is 1. The molecule has 2 unspecified atom stereocenters. The summed E-state index contributed by atoms with van der Waals surface area (Å²) >= 11 is 0. The zero-order valence-electron chi connectivity index (χ0n) is 13.9. The van der Waals surface area contributed by atoms with Crippen LogP contribution in [0, 0.1) is 6.92 Å². The molecule has 132 valence electrons. The van der Waals surface area contributed by atoms with Crippen LogP contribution < -0.4 is 5.32 Å². The van der Waals surface area contributed by atoms with Gasteiger partial charge in [0.25, 0.3) is 0 Å². The fraction of sp³-hybridized carbons (Fsp3) is 0.533. The number of carbonyl (C=O) groups excluding carboxylic acids is 1. The van der Waals surface area contributed by atoms with Crippen LogP contribution in [-0.2, 0) is 17.5 Å². The molecule has 6 nitrogen and oxygen atoms in total. The van der Waals surface area contributed by atoms with Crippen molar-refractivity contribution in [1.29, 1.82) is 0 Å². The third kappa shape index (κ3) is 3.60. The maximum atomic E-state index is 12.7. The molecule has 1 N–H and O–H groups in total. The van der Waals surface area contributed by atoms with Gasteiger partial charge in [-0.3, -0.25) is 14.2 Å². The van der Waals surface area contributed by atoms with E-state index in [9.17, 15) is 18.0 Å². The lowest BCUT2D eigenvalue weighted by molar-refractivity contribution is -0.142. The lowest BCUT2D eigenvalue weighted by Crippen LogP contribution is -2.34. The van der Waals surface area contributed by atoms with Crippen molar-refractivity contribution in [3.05, 3.63) is 35.4 Å². The Morgan fingerprint density at radius 1 is 1.38 bits per heavy atom. The lowest BCUT2D eigenvalue weighted by Gasteiger charge is -2.19. The predicted molar refractivity (Wildman–Crippen MR) is 81.1 cm³/mol. The highest BCUT2D eigenvalue weighted by molar-refractivity contribution is 5.80. The van der Waals surface area contributed by atoms with Gasteiger partial charge in [0.05, 0.1) is 11.7 Å². The Bertz CT molecular complexity index is 719. The summed E-state index contributed by atoms with van der Waals surface area (Å²) in [7, 11) is 0. The molecule has 2 heterocycles. The van der Waals surface area contributed by atoms with Crippen LogP contribution >= 0.6 is 0 Å². The molecule has 9 heteroatoms. The monoisotopic (exact) mass is 343 g/mol. The number of nitrogens with zero attached hydrogens (tertiary/aromatic N) is 4. The van der Waals surface area contributed by atoms with Gasteiger partial charge in [-0.05, 0) is 39.8 Å². The number of amides is 1. The third-order valence-corrected chi connectivity index (χ3v) is 3.81. The maximum Gasteiger partial charge on any atom is 0.435 e. The zero-order chi connectivity index (χ0) is 18.1. The smallest absolute Gasteiger partial charge is 0.346 e. The SMILES string of the molecule is CCn1nccc1C(C)NC(=O)C(C)n1nc(C(F)(F)F)cc1C. The molecular weight excluding hydrogens is 323 g/mol. The Balaban J connectivity index is 2.14. The van der Waals surface area contributed by atoms with Gasteiger partial charge in [-0.15, -0.1) is 0 Å². The van der Waals surface area contributed by atoms with Gasteiger partial charge in [0.1, 0.15) is 6.04 Å². The van der Waals surface area contributed by atoms with Gasteiger partial charge in [0.2, 0.25) is 5.91 Å². The van der Waals surface area contributed by atoms with Gasteiger partial charge < -0.3 is 5.32 Å². The number of halogens is 3. The average molecular weight is 343 g/mol. The second-order valence-electron chi connectivity index (χ2n) is 5.59. The van der Waals surface area contributed by atoms with E-state index in [1.165, 1.54) is 13.8 Å². The quantitative estimate of drug-likeness (QED) is 0.908. The zero-order valence-corrected chi connectivity index (χ0v) is 13.9. The van der Waals surface area contributed by atoms with Crippen molar-refractivity contribution in [3.8, 4) is 0 Å². The van der Waals surface area contributed by atoms with Crippen LogP contribution in [0.3, 0.4) is 0 Å². The number of hydrogen-bond acceptors (Lipinski definition) is 3. The van der Waals surface area contributed by atoms with Gasteiger partial charge in [-0.2, -0.15) is 23.4 Å². The molecule has 0 saturated heterocycles. The Morgan fingerprint density at radius 2 is 2.04 bits per heavy atom. The minimum Gasteiger partial charge on any atom is -0.346 e. The Labute approximate surface area is 137 Å². The Hall–Kier alpha value is -2.32. The van der Waals surface area contributed by atoms with E-state index in [-0.39, 0.29) is 11.7 Å². The Morgan fingerprint density at radius 3 is 2.58 bits per heavy atom. The van der Waals surface area contributed by atoms with Crippen LogP contribution in [0.5, 0.6) is 0 Å². The summed E-state index contributed by atoms with van der Waals surface area (Å²) in [4.78, 5) is 12.4. The first-order valence-corrected chi connectivity index (χ1v) is 7.60. The van der Waals surface area contributed by atoms with Gasteiger partial charge in [0.15, 0.2) is 5.69 Å². The molecule has 0 aliphatic carbocycles. The summed E-state index contributed by atoms with van der Waals surface area (Å²) in [5.41, 5.74) is 0.0965. The highest BCUT2D eigenvalue weighted by atomic mass is 19.4. The maximum absolute atomic E-state index is 12.7. The topological polar surface area (TPSA) is 64.7 Å². The van der Waals surface area contributed by atoms with E-state index in [2.05, 4.69) is 15.5 Å². The molecule has 2 atom stereocenters. The van der Waals surface area contributed by atoms with E-state index >= 15 is 0 Å². The molecule has 24 heavy (non-hydrogen) atoms. The standard InChI is InChI=1S/C15H20F3N5O/c1-5-22-12(6-7-19-22)10(3)20-14(24)11(4)23-9(2)8-13(21-23)15(16,17)18/h6-8,10-11H,5H2,1-4H3,(H,20,24). The van der Waals surface area contributed by atoms with Crippen LogP contribution in [0.25, 0.3) is 0 Å². The molecule has 0 aromatic carbocycles. The normalized spacial score (nSPS) is 14.5. The molecule has 0 aliphatic rings. The molecule has 0 saturated carbocycles. The molecule has 0 spiro atoms. The number of rotatable bonds is 5. The van der Waals surface area contributed by atoms with Crippen LogP contribution in [0.1, 0.15) is 49.9 Å². The number of nitrogens with one attached hydrogen (secondary N) is 1. The van der Waals surface area contributed by atoms with Crippen molar-refractivity contribution in [2.45, 2.75) is 52.5 Å². The summed E-state index contributed by atoms with van der Waals surface area (Å²) in [6.45, 7) is 7.39. The van der Waals surface area contributed by atoms with Crippen LogP contribution in [0.2, 0.25) is 0 Å². The van der Waals surface area contributed by atoms with Gasteiger partial charge in [0, 0.05) is 18.4 Å². The van der Waals surface area contributed by atoms with Crippen molar-refractivity contribution in [1.82, 2.24) is 24.9 Å². The number of alkyl halides is 3. The first kappa shape index (κ1) is 18.0. The summed E-state index contributed by atoms with van der Waals surface area (Å²) < 4.78 is 41.0. The fourth-order valence-corrected chi connectivity index (χ4v) is 2.51. The fourth-order valence-electron chi connectivity index (χ4n) is 2.51. The van der Waals surface area contributed by atoms with Crippen molar-refractivity contribution in [2.75, 3.05) is 0 Å². The van der Waals surface area contributed by atoms with Crippen molar-refractivity contribution in [3.63, 3.8) is 0 Å². The van der Waals surface area contributed by atoms with Crippen molar-refractivity contribution in [2.24, 2.45) is 0 Å². The Kier molecular flexibility index (Phi) is 5.00. The van der Waals surface area contributed by atoms with Crippen molar-refractivity contribution >= 4 is 5.91 Å². The number of hydrogen-bond donors (Lipinski definition) is 1. The van der Waals surface area contributed by atoms with E-state index in [4.69, 9.17) is 0 Å². The summed E-state index contributed by atoms with van der Waals surface area (Å²) in [6.07, 6.45) is -2.90. The minimum atomic E-state index is -4.53. The molecule has 0 aliphatic heterocycles. The van der Waals surface area contributed by atoms with Crippen LogP contribution in [0.4, 0.5) is 13.2 Å². The van der Waals surface area contributed by atoms with E-state index in [1.54, 1.807) is 23.9 Å². The second kappa shape index (κ2) is 6.66. The van der Waals surface area contributed by atoms with E-state index in [1.807, 2.05) is 6.92 Å². The number of aromatic nitrogens is 4. The third-order valence-electron chi connectivity index (χ3n) is 3.81. The summed E-state index contributed by atoms with van der Waals surface area (Å²) in [5.74, 6) is -0.411. The van der Waals surface area contributed by atoms with E-state index in [0.29, 0.717) is 6.54 Å². The molecule has 2 aromatic heterocycles. The highest BCUT2D eigenvalue weighted by Gasteiger charge is 2.35. The highest BCUT2D eigenvalue weighted by Crippen LogP contribution is 2.29. The van der Waals surface area contributed by atoms with E-state index < -0.39 is 23.8 Å². The van der Waals surface area contributed by atoms with E-state index in [0.717, 1.165) is 16.4 Å². The average Bonchev–Trinajstić information content (AvgIpc) is 3.11. The molecular formula is C15H20F3N5O. The van der Waals surface area contributed by atoms with Crippen LogP contribution in [-0.4, -0.2) is 25.5 Å². The molecule has 0 fully saturated rings. The van der Waals surface area contributed by atoms with Gasteiger partial charge >= 0.3 is 6.18 Å². The predicted octanol–water partition coefficient (Wildman–Crippen LogP) is 2.87. The lowest BCUT2D eigenvalue weighted by atomic mass is 10.2.